The molecule has 0 saturated heterocycles. The summed E-state index contributed by atoms with van der Waals surface area (Å²) in [7, 11) is 0. The summed E-state index contributed by atoms with van der Waals surface area (Å²) in [5.41, 5.74) is 1.07. The average molecular weight is 289 g/mol. The zero-order valence-electron chi connectivity index (χ0n) is 11.9. The van der Waals surface area contributed by atoms with Crippen LogP contribution in [0.1, 0.15) is 37.1 Å². The van der Waals surface area contributed by atoms with Crippen molar-refractivity contribution < 1.29 is 0 Å². The topological polar surface area (TPSA) is 97.8 Å². The van der Waals surface area contributed by atoms with Gasteiger partial charge in [-0.2, -0.15) is 10.5 Å². The molecule has 6 heteroatoms. The predicted octanol–water partition coefficient (Wildman–Crippen LogP) is 1.73. The summed E-state index contributed by atoms with van der Waals surface area (Å²) in [5.74, 6) is 1.05. The monoisotopic (exact) mass is 289 g/mol. The largest absolute Gasteiger partial charge is 0.358 e. The molecular weight excluding hydrogens is 276 g/mol. The standard InChI is InChI=1S/C16H13N6/c17-9-15(1-2-15)11-5-19-13(20-6-11)14-21-7-12(8-22-14)16(10-18)3-4-16/h5-8H,1-4H2,(H,19,20). The SMILES string of the molecule is N#CC1(C2=CN=C(c3ncc(C4(C#N)CC4)cn3)N[CH]2)CC1. The van der Waals surface area contributed by atoms with Gasteiger partial charge in [0.1, 0.15) is 0 Å². The molecule has 4 rings (SSSR count). The summed E-state index contributed by atoms with van der Waals surface area (Å²) in [5, 5.41) is 21.4. The third-order valence-corrected chi connectivity index (χ3v) is 4.59. The van der Waals surface area contributed by atoms with Crippen LogP contribution in [-0.2, 0) is 5.41 Å². The highest BCUT2D eigenvalue weighted by Gasteiger charge is 2.47. The molecule has 1 aromatic heterocycles. The third-order valence-electron chi connectivity index (χ3n) is 4.59. The van der Waals surface area contributed by atoms with E-state index in [1.807, 2.05) is 6.54 Å². The van der Waals surface area contributed by atoms with E-state index in [1.165, 1.54) is 0 Å². The van der Waals surface area contributed by atoms with E-state index in [0.717, 1.165) is 36.8 Å². The number of hydrogen-bond acceptors (Lipinski definition) is 6. The van der Waals surface area contributed by atoms with Crippen LogP contribution in [0.15, 0.2) is 29.2 Å². The average Bonchev–Trinajstić information content (AvgIpc) is 3.50. The van der Waals surface area contributed by atoms with Crippen LogP contribution in [0.3, 0.4) is 0 Å². The van der Waals surface area contributed by atoms with E-state index in [-0.39, 0.29) is 10.8 Å². The Kier molecular flexibility index (Phi) is 2.58. The fraction of sp³-hybridized carbons (Fsp3) is 0.375. The Morgan fingerprint density at radius 3 is 2.09 bits per heavy atom. The van der Waals surface area contributed by atoms with Crippen LogP contribution < -0.4 is 5.32 Å². The fourth-order valence-corrected chi connectivity index (χ4v) is 2.62. The molecule has 107 valence electrons. The molecule has 0 atom stereocenters. The van der Waals surface area contributed by atoms with Crippen LogP contribution in [0.4, 0.5) is 0 Å². The zero-order valence-corrected chi connectivity index (χ0v) is 11.9. The van der Waals surface area contributed by atoms with E-state index in [2.05, 4.69) is 32.4 Å². The number of rotatable bonds is 3. The number of nitrogens with zero attached hydrogens (tertiary/aromatic N) is 5. The molecule has 2 aliphatic carbocycles. The second-order valence-corrected chi connectivity index (χ2v) is 6.03. The summed E-state index contributed by atoms with van der Waals surface area (Å²) in [6, 6.07) is 4.67. The summed E-state index contributed by atoms with van der Waals surface area (Å²) >= 11 is 0. The Bertz CT molecular complexity index is 766. The molecule has 0 unspecified atom stereocenters. The van der Waals surface area contributed by atoms with E-state index in [9.17, 15) is 10.5 Å². The smallest absolute Gasteiger partial charge is 0.195 e. The van der Waals surface area contributed by atoms with Crippen molar-refractivity contribution in [1.82, 2.24) is 15.3 Å². The van der Waals surface area contributed by atoms with Gasteiger partial charge in [-0.05, 0) is 31.3 Å². The second kappa shape index (κ2) is 4.38. The van der Waals surface area contributed by atoms with Gasteiger partial charge in [0, 0.05) is 24.2 Å². The summed E-state index contributed by atoms with van der Waals surface area (Å²) in [4.78, 5) is 13.0. The number of aromatic nitrogens is 2. The van der Waals surface area contributed by atoms with Crippen LogP contribution in [0.25, 0.3) is 0 Å². The van der Waals surface area contributed by atoms with Crippen LogP contribution in [0.5, 0.6) is 0 Å². The lowest BCUT2D eigenvalue weighted by atomic mass is 9.98. The number of amidine groups is 1. The van der Waals surface area contributed by atoms with Gasteiger partial charge in [-0.1, -0.05) is 0 Å². The normalized spacial score (nSPS) is 23.2. The van der Waals surface area contributed by atoms with Crippen LogP contribution in [0.2, 0.25) is 0 Å². The van der Waals surface area contributed by atoms with Crippen molar-refractivity contribution in [2.75, 3.05) is 0 Å². The van der Waals surface area contributed by atoms with Crippen molar-refractivity contribution in [3.63, 3.8) is 0 Å². The minimum absolute atomic E-state index is 0.349. The van der Waals surface area contributed by atoms with Gasteiger partial charge in [0.2, 0.25) is 0 Å². The summed E-state index contributed by atoms with van der Waals surface area (Å²) in [6.45, 7) is 1.81. The molecule has 3 aliphatic rings. The fourth-order valence-electron chi connectivity index (χ4n) is 2.62. The Morgan fingerprint density at radius 1 is 1.00 bits per heavy atom. The maximum absolute atomic E-state index is 9.19. The Labute approximate surface area is 128 Å². The molecule has 2 fully saturated rings. The highest BCUT2D eigenvalue weighted by Crippen LogP contribution is 2.52. The van der Waals surface area contributed by atoms with Gasteiger partial charge in [0.15, 0.2) is 11.7 Å². The van der Waals surface area contributed by atoms with Crippen LogP contribution in [0, 0.1) is 34.6 Å². The molecule has 1 radical (unpaired) electrons. The van der Waals surface area contributed by atoms with Crippen LogP contribution in [-0.4, -0.2) is 15.8 Å². The molecule has 22 heavy (non-hydrogen) atoms. The molecule has 6 nitrogen and oxygen atoms in total. The Hall–Kier alpha value is -2.73. The maximum atomic E-state index is 9.19. The first kappa shape index (κ1) is 13.0. The molecule has 0 spiro atoms. The lowest BCUT2D eigenvalue weighted by Gasteiger charge is -2.17. The van der Waals surface area contributed by atoms with Gasteiger partial charge < -0.3 is 5.32 Å². The predicted molar refractivity (Wildman–Crippen MR) is 77.9 cm³/mol. The second-order valence-electron chi connectivity index (χ2n) is 6.03. The third kappa shape index (κ3) is 1.88. The lowest BCUT2D eigenvalue weighted by Crippen LogP contribution is -2.29. The Morgan fingerprint density at radius 2 is 1.64 bits per heavy atom. The van der Waals surface area contributed by atoms with Gasteiger partial charge in [0.25, 0.3) is 0 Å². The quantitative estimate of drug-likeness (QED) is 0.913. The van der Waals surface area contributed by atoms with Gasteiger partial charge in [0.05, 0.1) is 29.5 Å². The number of nitrogens with one attached hydrogen (secondary N) is 1. The van der Waals surface area contributed by atoms with E-state index in [1.54, 1.807) is 18.6 Å². The van der Waals surface area contributed by atoms with Crippen molar-refractivity contribution in [3.05, 3.63) is 42.1 Å². The molecule has 2 saturated carbocycles. The lowest BCUT2D eigenvalue weighted by molar-refractivity contribution is 0.778. The van der Waals surface area contributed by atoms with Gasteiger partial charge >= 0.3 is 0 Å². The first-order chi connectivity index (χ1) is 10.7. The molecule has 1 N–H and O–H groups in total. The summed E-state index contributed by atoms with van der Waals surface area (Å²) in [6.07, 6.45) is 8.67. The summed E-state index contributed by atoms with van der Waals surface area (Å²) < 4.78 is 0. The number of hydrogen-bond donors (Lipinski definition) is 1. The van der Waals surface area contributed by atoms with Crippen molar-refractivity contribution in [3.8, 4) is 12.1 Å². The molecule has 0 aromatic carbocycles. The number of aliphatic imine (C=N–C) groups is 1. The van der Waals surface area contributed by atoms with Gasteiger partial charge in [-0.15, -0.1) is 0 Å². The molecule has 0 bridgehead atoms. The highest BCUT2D eigenvalue weighted by atomic mass is 15.1. The van der Waals surface area contributed by atoms with E-state index < -0.39 is 0 Å². The van der Waals surface area contributed by atoms with E-state index in [4.69, 9.17) is 0 Å². The highest BCUT2D eigenvalue weighted by molar-refractivity contribution is 5.97. The molecule has 1 aromatic rings. The zero-order chi connectivity index (χ0) is 15.2. The number of nitriles is 2. The Balaban J connectivity index is 1.56. The van der Waals surface area contributed by atoms with Crippen molar-refractivity contribution in [2.24, 2.45) is 10.4 Å². The minimum Gasteiger partial charge on any atom is -0.358 e. The minimum atomic E-state index is -0.370. The van der Waals surface area contributed by atoms with Gasteiger partial charge in [-0.3, -0.25) is 0 Å². The molecule has 1 aliphatic heterocycles. The van der Waals surface area contributed by atoms with E-state index in [0.29, 0.717) is 11.7 Å². The molecule has 0 amide bonds. The molecular formula is C16H13N6. The maximum Gasteiger partial charge on any atom is 0.195 e. The van der Waals surface area contributed by atoms with Crippen molar-refractivity contribution in [2.45, 2.75) is 31.1 Å². The first-order valence-electron chi connectivity index (χ1n) is 7.25. The first-order valence-corrected chi connectivity index (χ1v) is 7.25. The van der Waals surface area contributed by atoms with Crippen LogP contribution >= 0.6 is 0 Å². The van der Waals surface area contributed by atoms with E-state index >= 15 is 0 Å². The van der Waals surface area contributed by atoms with Crippen molar-refractivity contribution >= 4 is 5.84 Å². The molecule has 2 heterocycles. The van der Waals surface area contributed by atoms with Gasteiger partial charge in [-0.25, -0.2) is 15.0 Å². The van der Waals surface area contributed by atoms with Crippen molar-refractivity contribution in [1.29, 1.82) is 10.5 Å².